The maximum atomic E-state index is 12.2. The van der Waals surface area contributed by atoms with Gasteiger partial charge in [-0.3, -0.25) is 4.79 Å². The number of carboxylic acids is 1. The summed E-state index contributed by atoms with van der Waals surface area (Å²) < 4.78 is 27.8. The number of rotatable bonds is 6. The number of nitrogens with zero attached hydrogens (tertiary/aromatic N) is 2. The maximum absolute atomic E-state index is 12.2. The largest absolute Gasteiger partial charge is 0.480 e. The Balaban J connectivity index is 2.85. The summed E-state index contributed by atoms with van der Waals surface area (Å²) in [6.07, 6.45) is 2.24. The second kappa shape index (κ2) is 6.84. The summed E-state index contributed by atoms with van der Waals surface area (Å²) in [7, 11) is -3.86. The smallest absolute Gasteiger partial charge is 0.322 e. The number of hydrogen-bond acceptors (Lipinski definition) is 4. The number of nitriles is 1. The topological polar surface area (TPSA) is 111 Å². The number of carbonyl (C=O) groups is 1. The van der Waals surface area contributed by atoms with E-state index in [1.807, 2.05) is 6.07 Å². The first-order valence-electron chi connectivity index (χ1n) is 6.31. The normalized spacial score (nSPS) is 22.6. The standard InChI is InChI=1S/C11H19N3O4S/c1-2-9(6-7-12)13-19(17,18)14-8-4-3-5-10(14)11(15)16/h9-10,13H,2-6,8H2,1H3,(H,15,16). The van der Waals surface area contributed by atoms with Crippen LogP contribution in [0.25, 0.3) is 0 Å². The molecule has 0 bridgehead atoms. The highest BCUT2D eigenvalue weighted by molar-refractivity contribution is 7.87. The van der Waals surface area contributed by atoms with Gasteiger partial charge in [0.2, 0.25) is 0 Å². The molecule has 19 heavy (non-hydrogen) atoms. The van der Waals surface area contributed by atoms with Gasteiger partial charge in [-0.2, -0.15) is 22.7 Å². The van der Waals surface area contributed by atoms with Gasteiger partial charge in [-0.25, -0.2) is 0 Å². The van der Waals surface area contributed by atoms with Gasteiger partial charge in [0.25, 0.3) is 10.2 Å². The minimum absolute atomic E-state index is 0.0707. The number of nitrogens with one attached hydrogen (secondary N) is 1. The molecule has 2 atom stereocenters. The third-order valence-electron chi connectivity index (χ3n) is 3.19. The van der Waals surface area contributed by atoms with Crippen molar-refractivity contribution < 1.29 is 18.3 Å². The summed E-state index contributed by atoms with van der Waals surface area (Å²) in [6.45, 7) is 1.98. The van der Waals surface area contributed by atoms with E-state index in [9.17, 15) is 13.2 Å². The van der Waals surface area contributed by atoms with Crippen LogP contribution >= 0.6 is 0 Å². The van der Waals surface area contributed by atoms with Crippen LogP contribution in [0.2, 0.25) is 0 Å². The van der Waals surface area contributed by atoms with Gasteiger partial charge in [0.15, 0.2) is 0 Å². The zero-order valence-corrected chi connectivity index (χ0v) is 11.7. The van der Waals surface area contributed by atoms with Crippen molar-refractivity contribution in [2.24, 2.45) is 0 Å². The number of carboxylic acid groups (broad SMARTS) is 1. The van der Waals surface area contributed by atoms with Crippen LogP contribution in [0.15, 0.2) is 0 Å². The molecule has 1 aliphatic rings. The van der Waals surface area contributed by atoms with Crippen LogP contribution in [0.1, 0.15) is 39.0 Å². The second-order valence-corrected chi connectivity index (χ2v) is 6.21. The molecule has 2 N–H and O–H groups in total. The molecule has 0 aromatic heterocycles. The van der Waals surface area contributed by atoms with Crippen molar-refractivity contribution in [1.29, 1.82) is 5.26 Å². The third-order valence-corrected chi connectivity index (χ3v) is 4.88. The summed E-state index contributed by atoms with van der Waals surface area (Å²) >= 11 is 0. The lowest BCUT2D eigenvalue weighted by Gasteiger charge is -2.32. The third kappa shape index (κ3) is 4.16. The lowest BCUT2D eigenvalue weighted by molar-refractivity contribution is -0.142. The first kappa shape index (κ1) is 15.9. The van der Waals surface area contributed by atoms with Gasteiger partial charge in [0.05, 0.1) is 12.5 Å². The van der Waals surface area contributed by atoms with Gasteiger partial charge < -0.3 is 5.11 Å². The van der Waals surface area contributed by atoms with Crippen molar-refractivity contribution in [3.63, 3.8) is 0 Å². The lowest BCUT2D eigenvalue weighted by Crippen LogP contribution is -2.53. The van der Waals surface area contributed by atoms with Crippen molar-refractivity contribution in [2.45, 2.75) is 51.1 Å². The second-order valence-electron chi connectivity index (χ2n) is 4.55. The van der Waals surface area contributed by atoms with Crippen LogP contribution in [0.3, 0.4) is 0 Å². The van der Waals surface area contributed by atoms with Crippen LogP contribution in [-0.4, -0.2) is 42.4 Å². The predicted molar refractivity (Wildman–Crippen MR) is 68.3 cm³/mol. The van der Waals surface area contributed by atoms with E-state index in [-0.39, 0.29) is 13.0 Å². The molecule has 108 valence electrons. The van der Waals surface area contributed by atoms with Gasteiger partial charge >= 0.3 is 5.97 Å². The van der Waals surface area contributed by atoms with E-state index in [0.29, 0.717) is 25.7 Å². The first-order chi connectivity index (χ1) is 8.92. The fourth-order valence-corrected chi connectivity index (χ4v) is 3.80. The number of hydrogen-bond donors (Lipinski definition) is 2. The lowest BCUT2D eigenvalue weighted by atomic mass is 10.1. The summed E-state index contributed by atoms with van der Waals surface area (Å²) in [4.78, 5) is 11.1. The van der Waals surface area contributed by atoms with Crippen molar-refractivity contribution in [3.05, 3.63) is 0 Å². The number of piperidine rings is 1. The quantitative estimate of drug-likeness (QED) is 0.737. The molecule has 0 amide bonds. The van der Waals surface area contributed by atoms with Crippen molar-refractivity contribution in [2.75, 3.05) is 6.54 Å². The van der Waals surface area contributed by atoms with Gasteiger partial charge in [0, 0.05) is 12.6 Å². The van der Waals surface area contributed by atoms with Crippen LogP contribution < -0.4 is 4.72 Å². The number of aliphatic carboxylic acids is 1. The SMILES string of the molecule is CCC(CC#N)NS(=O)(=O)N1CCCCC1C(=O)O. The Labute approximate surface area is 113 Å². The molecule has 1 heterocycles. The van der Waals surface area contributed by atoms with E-state index < -0.39 is 28.3 Å². The van der Waals surface area contributed by atoms with E-state index in [0.717, 1.165) is 4.31 Å². The molecular formula is C11H19N3O4S. The summed E-state index contributed by atoms with van der Waals surface area (Å²) in [6, 6.07) is 0.428. The van der Waals surface area contributed by atoms with Gasteiger partial charge in [-0.05, 0) is 25.7 Å². The molecule has 8 heteroatoms. The highest BCUT2D eigenvalue weighted by Crippen LogP contribution is 2.20. The van der Waals surface area contributed by atoms with E-state index in [1.165, 1.54) is 0 Å². The Morgan fingerprint density at radius 2 is 2.26 bits per heavy atom. The van der Waals surface area contributed by atoms with E-state index >= 15 is 0 Å². The van der Waals surface area contributed by atoms with Crippen molar-refractivity contribution >= 4 is 16.2 Å². The average molecular weight is 289 g/mol. The Morgan fingerprint density at radius 3 is 2.79 bits per heavy atom. The summed E-state index contributed by atoms with van der Waals surface area (Å²) in [5, 5.41) is 17.7. The molecular weight excluding hydrogens is 270 g/mol. The molecule has 7 nitrogen and oxygen atoms in total. The van der Waals surface area contributed by atoms with Crippen LogP contribution in [0.5, 0.6) is 0 Å². The molecule has 0 spiro atoms. The van der Waals surface area contributed by atoms with Gasteiger partial charge in [-0.1, -0.05) is 6.92 Å². The fraction of sp³-hybridized carbons (Fsp3) is 0.818. The molecule has 1 aliphatic heterocycles. The molecule has 0 aliphatic carbocycles. The molecule has 0 saturated carbocycles. The molecule has 2 unspecified atom stereocenters. The zero-order valence-electron chi connectivity index (χ0n) is 10.9. The zero-order chi connectivity index (χ0) is 14.5. The predicted octanol–water partition coefficient (Wildman–Crippen LogP) is 0.452. The molecule has 0 aromatic rings. The highest BCUT2D eigenvalue weighted by atomic mass is 32.2. The summed E-state index contributed by atoms with van der Waals surface area (Å²) in [5.41, 5.74) is 0. The summed E-state index contributed by atoms with van der Waals surface area (Å²) in [5.74, 6) is -1.13. The Morgan fingerprint density at radius 1 is 1.58 bits per heavy atom. The Kier molecular flexibility index (Phi) is 5.72. The fourth-order valence-electron chi connectivity index (χ4n) is 2.10. The molecule has 1 saturated heterocycles. The van der Waals surface area contributed by atoms with E-state index in [1.54, 1.807) is 6.92 Å². The van der Waals surface area contributed by atoms with Gasteiger partial charge in [0.1, 0.15) is 6.04 Å². The minimum Gasteiger partial charge on any atom is -0.480 e. The van der Waals surface area contributed by atoms with Crippen molar-refractivity contribution in [3.8, 4) is 6.07 Å². The molecule has 1 rings (SSSR count). The highest BCUT2D eigenvalue weighted by Gasteiger charge is 2.37. The van der Waals surface area contributed by atoms with Crippen molar-refractivity contribution in [1.82, 2.24) is 9.03 Å². The molecule has 0 radical (unpaired) electrons. The Hall–Kier alpha value is -1.17. The average Bonchev–Trinajstić information content (AvgIpc) is 2.38. The van der Waals surface area contributed by atoms with Crippen LogP contribution in [0, 0.1) is 11.3 Å². The van der Waals surface area contributed by atoms with E-state index in [2.05, 4.69) is 4.72 Å². The van der Waals surface area contributed by atoms with Gasteiger partial charge in [-0.15, -0.1) is 0 Å². The minimum atomic E-state index is -3.86. The van der Waals surface area contributed by atoms with E-state index in [4.69, 9.17) is 10.4 Å². The first-order valence-corrected chi connectivity index (χ1v) is 7.75. The Bertz CT molecular complexity index is 457. The maximum Gasteiger partial charge on any atom is 0.322 e. The van der Waals surface area contributed by atoms with Crippen LogP contribution in [0.4, 0.5) is 0 Å². The molecule has 0 aromatic carbocycles. The van der Waals surface area contributed by atoms with Crippen LogP contribution in [-0.2, 0) is 15.0 Å². The molecule has 1 fully saturated rings. The monoisotopic (exact) mass is 289 g/mol.